The van der Waals surface area contributed by atoms with Gasteiger partial charge in [-0.25, -0.2) is 4.79 Å². The summed E-state index contributed by atoms with van der Waals surface area (Å²) in [6.45, 7) is 0. The molecule has 0 bridgehead atoms. The Kier molecular flexibility index (Phi) is 4.51. The van der Waals surface area contributed by atoms with Gasteiger partial charge in [-0.2, -0.15) is 0 Å². The number of benzene rings is 2. The number of rotatable bonds is 5. The van der Waals surface area contributed by atoms with Crippen molar-refractivity contribution in [3.63, 3.8) is 0 Å². The number of ether oxygens (including phenoxy) is 3. The number of carboxylic acid groups (broad SMARTS) is 1. The number of aromatic carboxylic acids is 1. The first-order valence-electron chi connectivity index (χ1n) is 7.51. The molecule has 0 unspecified atom stereocenters. The number of hydrogen-bond acceptors (Lipinski definition) is 8. The minimum Gasteiger partial charge on any atom is -0.508 e. The van der Waals surface area contributed by atoms with E-state index in [9.17, 15) is 24.9 Å². The van der Waals surface area contributed by atoms with E-state index < -0.39 is 34.4 Å². The number of aromatic hydroxyl groups is 2. The zero-order valence-electron chi connectivity index (χ0n) is 14.2. The summed E-state index contributed by atoms with van der Waals surface area (Å²) in [5.74, 6) is -3.33. The van der Waals surface area contributed by atoms with Crippen LogP contribution in [0.3, 0.4) is 0 Å². The topological polar surface area (TPSA) is 136 Å². The van der Waals surface area contributed by atoms with Crippen molar-refractivity contribution in [3.05, 3.63) is 46.3 Å². The fourth-order valence-corrected chi connectivity index (χ4v) is 2.47. The Hall–Kier alpha value is -3.88. The Morgan fingerprint density at radius 3 is 2.41 bits per heavy atom. The highest BCUT2D eigenvalue weighted by Crippen LogP contribution is 2.37. The normalized spacial score (nSPS) is 10.6. The van der Waals surface area contributed by atoms with E-state index in [-0.39, 0.29) is 22.5 Å². The molecule has 1 heterocycles. The van der Waals surface area contributed by atoms with Crippen molar-refractivity contribution in [3.8, 4) is 34.5 Å². The lowest BCUT2D eigenvalue weighted by Gasteiger charge is -2.13. The van der Waals surface area contributed by atoms with Crippen LogP contribution in [0.1, 0.15) is 10.6 Å². The maximum Gasteiger partial charge on any atom is 0.375 e. The number of carboxylic acids is 1. The Labute approximate surface area is 151 Å². The van der Waals surface area contributed by atoms with E-state index >= 15 is 0 Å². The van der Waals surface area contributed by atoms with E-state index in [4.69, 9.17) is 18.6 Å². The molecule has 3 aromatic rings. The third-order valence-corrected chi connectivity index (χ3v) is 3.69. The van der Waals surface area contributed by atoms with Crippen LogP contribution in [0.15, 0.2) is 39.5 Å². The van der Waals surface area contributed by atoms with Gasteiger partial charge in [0, 0.05) is 18.2 Å². The van der Waals surface area contributed by atoms with E-state index in [1.165, 1.54) is 32.4 Å². The maximum absolute atomic E-state index is 12.8. The van der Waals surface area contributed by atoms with E-state index in [1.807, 2.05) is 0 Å². The lowest BCUT2D eigenvalue weighted by atomic mass is 10.1. The summed E-state index contributed by atoms with van der Waals surface area (Å²) in [5, 5.41) is 28.5. The smallest absolute Gasteiger partial charge is 0.375 e. The molecule has 0 saturated heterocycles. The summed E-state index contributed by atoms with van der Waals surface area (Å²) in [6.07, 6.45) is 0. The molecular formula is C18H14O9. The molecule has 9 heteroatoms. The molecule has 0 aliphatic heterocycles. The largest absolute Gasteiger partial charge is 0.508 e. The summed E-state index contributed by atoms with van der Waals surface area (Å²) >= 11 is 0. The van der Waals surface area contributed by atoms with Gasteiger partial charge in [0.05, 0.1) is 14.2 Å². The highest BCUT2D eigenvalue weighted by atomic mass is 16.5. The Morgan fingerprint density at radius 1 is 1.04 bits per heavy atom. The van der Waals surface area contributed by atoms with Crippen molar-refractivity contribution in [2.24, 2.45) is 0 Å². The van der Waals surface area contributed by atoms with E-state index in [2.05, 4.69) is 0 Å². The molecule has 0 aliphatic rings. The van der Waals surface area contributed by atoms with Crippen molar-refractivity contribution in [1.29, 1.82) is 0 Å². The van der Waals surface area contributed by atoms with Crippen LogP contribution < -0.4 is 19.6 Å². The SMILES string of the molecule is COc1ccc(Oc2c(C(=O)O)oc3cc(O)cc(O)c3c2=O)c(OC)c1. The van der Waals surface area contributed by atoms with Crippen LogP contribution in [0.2, 0.25) is 0 Å². The zero-order chi connectivity index (χ0) is 19.7. The number of carbonyl (C=O) groups is 1. The lowest BCUT2D eigenvalue weighted by molar-refractivity contribution is 0.0658. The summed E-state index contributed by atoms with van der Waals surface area (Å²) < 4.78 is 20.9. The summed E-state index contributed by atoms with van der Waals surface area (Å²) in [6, 6.07) is 6.37. The fraction of sp³-hybridized carbons (Fsp3) is 0.111. The van der Waals surface area contributed by atoms with Crippen molar-refractivity contribution in [2.45, 2.75) is 0 Å². The third-order valence-electron chi connectivity index (χ3n) is 3.69. The summed E-state index contributed by atoms with van der Waals surface area (Å²) in [4.78, 5) is 24.3. The molecule has 0 saturated carbocycles. The van der Waals surface area contributed by atoms with Crippen molar-refractivity contribution >= 4 is 16.9 Å². The second kappa shape index (κ2) is 6.79. The van der Waals surface area contributed by atoms with Gasteiger partial charge in [-0.05, 0) is 12.1 Å². The second-order valence-corrected chi connectivity index (χ2v) is 5.35. The molecule has 27 heavy (non-hydrogen) atoms. The van der Waals surface area contributed by atoms with Gasteiger partial charge < -0.3 is 33.9 Å². The predicted molar refractivity (Wildman–Crippen MR) is 92.4 cm³/mol. The van der Waals surface area contributed by atoms with Crippen LogP contribution >= 0.6 is 0 Å². The van der Waals surface area contributed by atoms with E-state index in [0.717, 1.165) is 12.1 Å². The van der Waals surface area contributed by atoms with Gasteiger partial charge in [-0.1, -0.05) is 0 Å². The van der Waals surface area contributed by atoms with Gasteiger partial charge in [-0.15, -0.1) is 0 Å². The molecular weight excluding hydrogens is 360 g/mol. The average molecular weight is 374 g/mol. The van der Waals surface area contributed by atoms with Gasteiger partial charge in [-0.3, -0.25) is 4.79 Å². The Bertz CT molecular complexity index is 1100. The molecule has 0 fully saturated rings. The van der Waals surface area contributed by atoms with Crippen LogP contribution in [0, 0.1) is 0 Å². The number of fused-ring (bicyclic) bond motifs is 1. The number of methoxy groups -OCH3 is 2. The first kappa shape index (κ1) is 17.9. The standard InChI is InChI=1S/C18H14O9/c1-24-9-3-4-11(12(7-9)25-2)26-16-15(21)14-10(20)5-8(19)6-13(14)27-17(16)18(22)23/h3-7,19-20H,1-2H3,(H,22,23). The highest BCUT2D eigenvalue weighted by molar-refractivity contribution is 5.93. The van der Waals surface area contributed by atoms with Gasteiger partial charge >= 0.3 is 5.97 Å². The molecule has 3 rings (SSSR count). The number of phenols is 2. The van der Waals surface area contributed by atoms with Crippen LogP contribution in [0.25, 0.3) is 11.0 Å². The number of hydrogen-bond donors (Lipinski definition) is 3. The van der Waals surface area contributed by atoms with E-state index in [0.29, 0.717) is 5.75 Å². The quantitative estimate of drug-likeness (QED) is 0.616. The molecule has 0 spiro atoms. The second-order valence-electron chi connectivity index (χ2n) is 5.35. The molecule has 0 aliphatic carbocycles. The molecule has 0 amide bonds. The average Bonchev–Trinajstić information content (AvgIpc) is 2.63. The van der Waals surface area contributed by atoms with Crippen molar-refractivity contribution in [1.82, 2.24) is 0 Å². The highest BCUT2D eigenvalue weighted by Gasteiger charge is 2.25. The minimum absolute atomic E-state index is 0.0331. The van der Waals surface area contributed by atoms with E-state index in [1.54, 1.807) is 0 Å². The van der Waals surface area contributed by atoms with Crippen LogP contribution in [0.4, 0.5) is 0 Å². The van der Waals surface area contributed by atoms with Crippen LogP contribution in [-0.4, -0.2) is 35.5 Å². The predicted octanol–water partition coefficient (Wildman–Crippen LogP) is 2.71. The van der Waals surface area contributed by atoms with Crippen LogP contribution in [-0.2, 0) is 0 Å². The molecule has 140 valence electrons. The molecule has 0 atom stereocenters. The summed E-state index contributed by atoms with van der Waals surface area (Å²) in [5.41, 5.74) is -1.23. The van der Waals surface area contributed by atoms with Gasteiger partial charge in [0.2, 0.25) is 11.2 Å². The van der Waals surface area contributed by atoms with Crippen molar-refractivity contribution < 1.29 is 38.7 Å². The lowest BCUT2D eigenvalue weighted by Crippen LogP contribution is -2.12. The zero-order valence-corrected chi connectivity index (χ0v) is 14.2. The molecule has 3 N–H and O–H groups in total. The number of phenolic OH excluding ortho intramolecular Hbond substituents is 2. The maximum atomic E-state index is 12.8. The molecule has 1 aromatic heterocycles. The van der Waals surface area contributed by atoms with Crippen molar-refractivity contribution in [2.75, 3.05) is 14.2 Å². The summed E-state index contributed by atoms with van der Waals surface area (Å²) in [7, 11) is 2.81. The Balaban J connectivity index is 2.25. The first-order chi connectivity index (χ1) is 12.8. The van der Waals surface area contributed by atoms with Crippen LogP contribution in [0.5, 0.6) is 34.5 Å². The van der Waals surface area contributed by atoms with Gasteiger partial charge in [0.15, 0.2) is 11.5 Å². The Morgan fingerprint density at radius 2 is 1.78 bits per heavy atom. The first-order valence-corrected chi connectivity index (χ1v) is 7.51. The van der Waals surface area contributed by atoms with Gasteiger partial charge in [0.1, 0.15) is 28.2 Å². The third kappa shape index (κ3) is 3.17. The van der Waals surface area contributed by atoms with Gasteiger partial charge in [0.25, 0.3) is 5.76 Å². The molecule has 9 nitrogen and oxygen atoms in total. The monoisotopic (exact) mass is 374 g/mol. The fourth-order valence-electron chi connectivity index (χ4n) is 2.47. The molecule has 2 aromatic carbocycles. The molecule has 0 radical (unpaired) electrons. The minimum atomic E-state index is -1.57.